The number of benzene rings is 3. The predicted molar refractivity (Wildman–Crippen MR) is 122 cm³/mol. The van der Waals surface area contributed by atoms with Crippen LogP contribution in [-0.4, -0.2) is 17.4 Å². The number of anilines is 1. The van der Waals surface area contributed by atoms with E-state index in [0.29, 0.717) is 26.3 Å². The van der Waals surface area contributed by atoms with Gasteiger partial charge in [-0.15, -0.1) is 11.8 Å². The first-order valence-corrected chi connectivity index (χ1v) is 10.8. The predicted octanol–water partition coefficient (Wildman–Crippen LogP) is 6.80. The lowest BCUT2D eigenvalue weighted by Crippen LogP contribution is -2.14. The average Bonchev–Trinajstić information content (AvgIpc) is 2.69. The molecule has 0 aliphatic carbocycles. The van der Waals surface area contributed by atoms with Gasteiger partial charge in [0.25, 0.3) is 0 Å². The number of carbonyl (C=O) groups excluding carboxylic acids is 2. The second-order valence-electron chi connectivity index (χ2n) is 6.21. The van der Waals surface area contributed by atoms with E-state index in [2.05, 4.69) is 5.32 Å². The number of Topliss-reactive ketones (excluding diaryl/α,β-unsaturated/α-hetero) is 1. The maximum Gasteiger partial charge on any atom is 0.228 e. The molecule has 148 valence electrons. The summed E-state index contributed by atoms with van der Waals surface area (Å²) in [5, 5.41) is 4.34. The fourth-order valence-corrected chi connectivity index (χ4v) is 3.99. The van der Waals surface area contributed by atoms with E-state index in [0.717, 1.165) is 10.5 Å². The summed E-state index contributed by atoms with van der Waals surface area (Å²) >= 11 is 19.2. The van der Waals surface area contributed by atoms with Crippen LogP contribution in [0.2, 0.25) is 15.1 Å². The molecule has 0 saturated heterocycles. The van der Waals surface area contributed by atoms with E-state index in [4.69, 9.17) is 34.8 Å². The first-order valence-electron chi connectivity index (χ1n) is 8.66. The lowest BCUT2D eigenvalue weighted by molar-refractivity contribution is -0.115. The molecule has 0 atom stereocenters. The molecule has 3 aromatic carbocycles. The van der Waals surface area contributed by atoms with Crippen molar-refractivity contribution in [3.8, 4) is 0 Å². The molecule has 3 rings (SSSR count). The minimum absolute atomic E-state index is 0.0722. The van der Waals surface area contributed by atoms with Gasteiger partial charge in [-0.25, -0.2) is 0 Å². The van der Waals surface area contributed by atoms with E-state index in [1.807, 2.05) is 36.4 Å². The molecule has 3 aromatic rings. The lowest BCUT2D eigenvalue weighted by atomic mass is 10.1. The minimum Gasteiger partial charge on any atom is -0.326 e. The Morgan fingerprint density at radius 2 is 1.48 bits per heavy atom. The summed E-state index contributed by atoms with van der Waals surface area (Å²) in [6.07, 6.45) is 0.268. The van der Waals surface area contributed by atoms with Crippen LogP contribution in [0.15, 0.2) is 71.6 Å². The molecule has 0 radical (unpaired) electrons. The highest BCUT2D eigenvalue weighted by molar-refractivity contribution is 8.00. The summed E-state index contributed by atoms with van der Waals surface area (Å²) in [6, 6.07) is 19.3. The van der Waals surface area contributed by atoms with E-state index < -0.39 is 0 Å². The highest BCUT2D eigenvalue weighted by Gasteiger charge is 2.11. The fraction of sp³-hybridized carbons (Fsp3) is 0.0909. The number of thioether (sulfide) groups is 1. The van der Waals surface area contributed by atoms with Crippen LogP contribution in [-0.2, 0) is 11.2 Å². The summed E-state index contributed by atoms with van der Waals surface area (Å²) in [4.78, 5) is 25.4. The number of hydrogen-bond acceptors (Lipinski definition) is 3. The van der Waals surface area contributed by atoms with Crippen LogP contribution in [0.25, 0.3) is 0 Å². The van der Waals surface area contributed by atoms with Crippen LogP contribution >= 0.6 is 46.6 Å². The van der Waals surface area contributed by atoms with Gasteiger partial charge in [0.2, 0.25) is 5.91 Å². The topological polar surface area (TPSA) is 46.2 Å². The van der Waals surface area contributed by atoms with Gasteiger partial charge in [0.1, 0.15) is 0 Å². The summed E-state index contributed by atoms with van der Waals surface area (Å²) in [5.74, 6) is 0.0705. The van der Waals surface area contributed by atoms with Crippen molar-refractivity contribution < 1.29 is 9.59 Å². The Morgan fingerprint density at radius 1 is 0.828 bits per heavy atom. The number of ketones is 1. The number of hydrogen-bond donors (Lipinski definition) is 1. The van der Waals surface area contributed by atoms with Crippen LogP contribution in [0.3, 0.4) is 0 Å². The van der Waals surface area contributed by atoms with Gasteiger partial charge in [-0.05, 0) is 60.2 Å². The van der Waals surface area contributed by atoms with Crippen molar-refractivity contribution in [2.45, 2.75) is 11.3 Å². The van der Waals surface area contributed by atoms with Crippen LogP contribution in [0, 0.1) is 0 Å². The van der Waals surface area contributed by atoms with E-state index in [1.165, 1.54) is 11.8 Å². The molecule has 0 heterocycles. The highest BCUT2D eigenvalue weighted by Crippen LogP contribution is 2.25. The number of carbonyl (C=O) groups is 2. The summed E-state index contributed by atoms with van der Waals surface area (Å²) < 4.78 is 0. The van der Waals surface area contributed by atoms with E-state index in [9.17, 15) is 9.59 Å². The monoisotopic (exact) mass is 463 g/mol. The average molecular weight is 465 g/mol. The molecule has 7 heteroatoms. The standard InChI is InChI=1S/C22H16Cl3NO2S/c23-15-3-1-14(2-4-15)11-22(28)26-17-6-8-18(9-7-17)29-13-21(27)19-10-5-16(24)12-20(19)25/h1-10,12H,11,13H2,(H,26,28). The molecular weight excluding hydrogens is 449 g/mol. The van der Waals surface area contributed by atoms with Gasteiger partial charge in [-0.2, -0.15) is 0 Å². The zero-order valence-electron chi connectivity index (χ0n) is 15.1. The Kier molecular flexibility index (Phi) is 7.62. The third kappa shape index (κ3) is 6.51. The van der Waals surface area contributed by atoms with Gasteiger partial charge in [0, 0.05) is 26.2 Å². The van der Waals surface area contributed by atoms with E-state index in [-0.39, 0.29) is 23.9 Å². The molecule has 0 aromatic heterocycles. The first-order chi connectivity index (χ1) is 13.9. The van der Waals surface area contributed by atoms with Gasteiger partial charge >= 0.3 is 0 Å². The molecular formula is C22H16Cl3NO2S. The number of nitrogens with one attached hydrogen (secondary N) is 1. The van der Waals surface area contributed by atoms with Crippen molar-refractivity contribution in [3.05, 3.63) is 92.9 Å². The maximum atomic E-state index is 12.3. The molecule has 0 fully saturated rings. The Morgan fingerprint density at radius 3 is 2.14 bits per heavy atom. The van der Waals surface area contributed by atoms with Crippen molar-refractivity contribution in [1.82, 2.24) is 0 Å². The lowest BCUT2D eigenvalue weighted by Gasteiger charge is -2.07. The summed E-state index contributed by atoms with van der Waals surface area (Å²) in [7, 11) is 0. The molecule has 1 amide bonds. The van der Waals surface area contributed by atoms with Crippen molar-refractivity contribution in [1.29, 1.82) is 0 Å². The quantitative estimate of drug-likeness (QED) is 0.309. The zero-order valence-corrected chi connectivity index (χ0v) is 18.2. The highest BCUT2D eigenvalue weighted by atomic mass is 35.5. The number of halogens is 3. The zero-order chi connectivity index (χ0) is 20.8. The Hall–Kier alpha value is -1.98. The smallest absolute Gasteiger partial charge is 0.228 e. The molecule has 0 bridgehead atoms. The Balaban J connectivity index is 1.52. The van der Waals surface area contributed by atoms with Crippen LogP contribution < -0.4 is 5.32 Å². The molecule has 0 aliphatic heterocycles. The molecule has 29 heavy (non-hydrogen) atoms. The molecule has 0 spiro atoms. The third-order valence-electron chi connectivity index (χ3n) is 4.02. The summed E-state index contributed by atoms with van der Waals surface area (Å²) in [5.41, 5.74) is 2.04. The maximum absolute atomic E-state index is 12.3. The molecule has 0 aliphatic rings. The normalized spacial score (nSPS) is 10.6. The van der Waals surface area contributed by atoms with Gasteiger partial charge in [-0.3, -0.25) is 9.59 Å². The van der Waals surface area contributed by atoms with E-state index in [1.54, 1.807) is 30.3 Å². The molecule has 3 nitrogen and oxygen atoms in total. The van der Waals surface area contributed by atoms with Gasteiger partial charge in [-0.1, -0.05) is 46.9 Å². The van der Waals surface area contributed by atoms with E-state index >= 15 is 0 Å². The fourth-order valence-electron chi connectivity index (χ4n) is 2.57. The van der Waals surface area contributed by atoms with Gasteiger partial charge in [0.15, 0.2) is 5.78 Å². The molecule has 1 N–H and O–H groups in total. The van der Waals surface area contributed by atoms with Gasteiger partial charge in [0.05, 0.1) is 17.2 Å². The largest absolute Gasteiger partial charge is 0.326 e. The SMILES string of the molecule is O=C(Cc1ccc(Cl)cc1)Nc1ccc(SCC(=O)c2ccc(Cl)cc2Cl)cc1. The first kappa shape index (κ1) is 21.7. The number of amides is 1. The number of rotatable bonds is 7. The second-order valence-corrected chi connectivity index (χ2v) is 8.54. The molecule has 0 saturated carbocycles. The Labute approximate surface area is 188 Å². The van der Waals surface area contributed by atoms with Crippen molar-refractivity contribution in [3.63, 3.8) is 0 Å². The van der Waals surface area contributed by atoms with Crippen LogP contribution in [0.1, 0.15) is 15.9 Å². The van der Waals surface area contributed by atoms with Crippen molar-refractivity contribution in [2.75, 3.05) is 11.1 Å². The Bertz CT molecular complexity index is 1020. The second kappa shape index (κ2) is 10.2. The van der Waals surface area contributed by atoms with Gasteiger partial charge < -0.3 is 5.32 Å². The van der Waals surface area contributed by atoms with Crippen LogP contribution in [0.4, 0.5) is 5.69 Å². The third-order valence-corrected chi connectivity index (χ3v) is 5.83. The molecule has 0 unspecified atom stereocenters. The summed E-state index contributed by atoms with van der Waals surface area (Å²) in [6.45, 7) is 0. The minimum atomic E-state index is -0.111. The van der Waals surface area contributed by atoms with Crippen LogP contribution in [0.5, 0.6) is 0 Å². The van der Waals surface area contributed by atoms with Crippen molar-refractivity contribution >= 4 is 63.9 Å². The van der Waals surface area contributed by atoms with Crippen molar-refractivity contribution in [2.24, 2.45) is 0 Å².